The fourth-order valence-electron chi connectivity index (χ4n) is 9.06. The van der Waals surface area contributed by atoms with Crippen LogP contribution in [0.25, 0.3) is 0 Å². The normalized spacial score (nSPS) is 15.5. The van der Waals surface area contributed by atoms with Crippen LogP contribution < -0.4 is 14.2 Å². The van der Waals surface area contributed by atoms with Gasteiger partial charge in [0.25, 0.3) is 0 Å². The van der Waals surface area contributed by atoms with Crippen LogP contribution in [0.1, 0.15) is 199 Å². The second kappa shape index (κ2) is 34.4. The van der Waals surface area contributed by atoms with Gasteiger partial charge in [-0.15, -0.1) is 0 Å². The van der Waals surface area contributed by atoms with Crippen molar-refractivity contribution >= 4 is 0 Å². The molecule has 2 atom stereocenters. The van der Waals surface area contributed by atoms with E-state index in [0.29, 0.717) is 56.1 Å². The van der Waals surface area contributed by atoms with E-state index in [2.05, 4.69) is 133 Å². The van der Waals surface area contributed by atoms with Crippen molar-refractivity contribution in [2.75, 3.05) is 72.7 Å². The van der Waals surface area contributed by atoms with E-state index in [1.807, 2.05) is 36.4 Å². The lowest BCUT2D eigenvalue weighted by molar-refractivity contribution is 0.0705. The fourth-order valence-corrected chi connectivity index (χ4v) is 9.06. The Labute approximate surface area is 442 Å². The Kier molecular flexibility index (Phi) is 31.0. The van der Waals surface area contributed by atoms with Crippen molar-refractivity contribution in [3.63, 3.8) is 0 Å². The molecule has 2 aliphatic heterocycles. The second-order valence-corrected chi connectivity index (χ2v) is 24.7. The molecule has 2 heterocycles. The minimum absolute atomic E-state index is 0. The van der Waals surface area contributed by atoms with Crippen LogP contribution in [0.4, 0.5) is 0 Å². The molecule has 0 amide bonds. The minimum atomic E-state index is 0. The Morgan fingerprint density at radius 3 is 1.19 bits per heavy atom. The zero-order valence-electron chi connectivity index (χ0n) is 48.3. The Hall–Kier alpha value is -3.18. The topological polar surface area (TPSA) is 112 Å². The first-order valence-electron chi connectivity index (χ1n) is 27.8. The van der Waals surface area contributed by atoms with Gasteiger partial charge in [0.2, 0.25) is 0 Å². The lowest BCUT2D eigenvalue weighted by atomic mass is 9.72. The second-order valence-electron chi connectivity index (χ2n) is 24.7. The maximum absolute atomic E-state index is 8.71. The molecule has 0 bridgehead atoms. The van der Waals surface area contributed by atoms with Gasteiger partial charge in [0, 0.05) is 8.03 Å². The molecule has 2 saturated heterocycles. The van der Waals surface area contributed by atoms with Gasteiger partial charge in [-0.05, 0) is 99.4 Å². The minimum Gasteiger partial charge on any atom is -0.491 e. The number of unbranched alkanes of at least 4 members (excludes halogenated alkanes) is 10. The summed E-state index contributed by atoms with van der Waals surface area (Å²) >= 11 is 0. The molecule has 9 nitrogen and oxygen atoms in total. The number of hydrogen-bond acceptors (Lipinski definition) is 9. The van der Waals surface area contributed by atoms with E-state index in [1.165, 1.54) is 87.3 Å². The molecule has 2 aliphatic rings. The van der Waals surface area contributed by atoms with Crippen LogP contribution in [0.15, 0.2) is 72.8 Å². The van der Waals surface area contributed by atoms with E-state index < -0.39 is 0 Å². The third-order valence-corrected chi connectivity index (χ3v) is 12.5. The molecule has 72 heavy (non-hydrogen) atoms. The summed E-state index contributed by atoms with van der Waals surface area (Å²) in [6.45, 7) is 37.7. The van der Waals surface area contributed by atoms with Crippen molar-refractivity contribution in [2.24, 2.45) is 10.8 Å². The van der Waals surface area contributed by atoms with Gasteiger partial charge in [-0.3, -0.25) is 0 Å². The van der Waals surface area contributed by atoms with Gasteiger partial charge in [-0.1, -0.05) is 198 Å². The highest BCUT2D eigenvalue weighted by atomic mass is 16.6. The predicted molar refractivity (Wildman–Crippen MR) is 303 cm³/mol. The lowest BCUT2D eigenvalue weighted by Gasteiger charge is -2.33. The average Bonchev–Trinajstić information content (AvgIpc) is 4.26. The molecular weight excluding hydrogens is 901 g/mol. The summed E-state index contributed by atoms with van der Waals surface area (Å²) in [6.07, 6.45) is 18.4. The largest absolute Gasteiger partial charge is 0.491 e. The van der Waals surface area contributed by atoms with Gasteiger partial charge >= 0.3 is 0 Å². The molecular formula is C63H108O9. The summed E-state index contributed by atoms with van der Waals surface area (Å²) in [6, 6.07) is 24.9. The predicted octanol–water partition coefficient (Wildman–Crippen LogP) is 15.3. The zero-order valence-corrected chi connectivity index (χ0v) is 48.3. The standard InChI is InChI=1S/C18H30O3.C16H26O2.C16H32O2.C13H18O2.H2/c1-17(2,3)14-18(4,5)15-6-8-16(9-7-15)21-13-12-20-11-10-19;1-15(2,3)12-16(4,5)13-6-8-14(9-7-13)18-11-10-17;1-2-3-4-5-6-7-8-9-10-11-12-13-17-14-16-15-18-16;1-13(2,3)10-4-6-11(7-5-10)14-8-12-9-15-12;/h6-9,19H,10-14H2,1-5H3;6-9,17H,10-12H2,1-5H3;16H,2-15H2,1H3;4-7,12H,8-9H2,1-3H3;1H. The molecule has 5 rings (SSSR count). The van der Waals surface area contributed by atoms with Crippen molar-refractivity contribution in [3.8, 4) is 17.2 Å². The Morgan fingerprint density at radius 2 is 0.806 bits per heavy atom. The van der Waals surface area contributed by atoms with Crippen LogP contribution in [-0.4, -0.2) is 95.1 Å². The summed E-state index contributed by atoms with van der Waals surface area (Å²) in [5, 5.41) is 17.3. The van der Waals surface area contributed by atoms with Crippen molar-refractivity contribution in [2.45, 2.75) is 209 Å². The fraction of sp³-hybridized carbons (Fsp3) is 0.714. The maximum Gasteiger partial charge on any atom is 0.119 e. The van der Waals surface area contributed by atoms with Gasteiger partial charge in [0.15, 0.2) is 0 Å². The molecule has 0 saturated carbocycles. The Bertz CT molecular complexity index is 1770. The van der Waals surface area contributed by atoms with Gasteiger partial charge in [-0.2, -0.15) is 0 Å². The average molecular weight is 1010 g/mol. The Balaban J connectivity index is 0.000000487. The van der Waals surface area contributed by atoms with Crippen LogP contribution in [0, 0.1) is 10.8 Å². The van der Waals surface area contributed by atoms with E-state index >= 15 is 0 Å². The first-order chi connectivity index (χ1) is 34.0. The Morgan fingerprint density at radius 1 is 0.431 bits per heavy atom. The smallest absolute Gasteiger partial charge is 0.119 e. The van der Waals surface area contributed by atoms with Crippen LogP contribution >= 0.6 is 0 Å². The highest BCUT2D eigenvalue weighted by Gasteiger charge is 2.28. The number of epoxide rings is 2. The summed E-state index contributed by atoms with van der Waals surface area (Å²) in [5.74, 6) is 2.61. The lowest BCUT2D eigenvalue weighted by Crippen LogP contribution is -2.24. The van der Waals surface area contributed by atoms with Crippen LogP contribution in [0.3, 0.4) is 0 Å². The third kappa shape index (κ3) is 32.9. The molecule has 3 aromatic carbocycles. The third-order valence-electron chi connectivity index (χ3n) is 12.5. The molecule has 0 radical (unpaired) electrons. The summed E-state index contributed by atoms with van der Waals surface area (Å²) < 4.78 is 37.4. The highest BCUT2D eigenvalue weighted by Crippen LogP contribution is 2.38. The molecule has 2 fully saturated rings. The number of rotatable bonds is 30. The SMILES string of the molecule is CC(C)(C)CC(C)(C)c1ccc(OCCO)cc1.CC(C)(C)CC(C)(C)c1ccc(OCCOCCO)cc1.CC(C)(C)c1ccc(OCC2CO2)cc1.CCCCCCCCCCCCCOCC1CO1.[HH]. The van der Waals surface area contributed by atoms with Crippen molar-refractivity contribution < 1.29 is 44.8 Å². The summed E-state index contributed by atoms with van der Waals surface area (Å²) in [4.78, 5) is 0. The van der Waals surface area contributed by atoms with E-state index in [4.69, 9.17) is 43.4 Å². The number of aliphatic hydroxyl groups is 2. The van der Waals surface area contributed by atoms with Crippen molar-refractivity contribution in [1.29, 1.82) is 0 Å². The first kappa shape index (κ1) is 64.9. The molecule has 0 aromatic heterocycles. The molecule has 0 aliphatic carbocycles. The number of aliphatic hydroxyl groups excluding tert-OH is 2. The molecule has 0 spiro atoms. The van der Waals surface area contributed by atoms with Gasteiger partial charge in [0.1, 0.15) is 49.3 Å². The van der Waals surface area contributed by atoms with E-state index in [9.17, 15) is 0 Å². The zero-order chi connectivity index (χ0) is 53.5. The first-order valence-corrected chi connectivity index (χ1v) is 27.8. The summed E-state index contributed by atoms with van der Waals surface area (Å²) in [7, 11) is 0. The number of hydrogen-bond donors (Lipinski definition) is 2. The molecule has 2 N–H and O–H groups in total. The molecule has 2 unspecified atom stereocenters. The van der Waals surface area contributed by atoms with Crippen molar-refractivity contribution in [3.05, 3.63) is 89.5 Å². The molecule has 3 aromatic rings. The van der Waals surface area contributed by atoms with E-state index in [0.717, 1.165) is 56.5 Å². The quantitative estimate of drug-likeness (QED) is 0.0498. The maximum atomic E-state index is 8.71. The van der Waals surface area contributed by atoms with E-state index in [-0.39, 0.29) is 30.9 Å². The highest BCUT2D eigenvalue weighted by molar-refractivity contribution is 5.33. The van der Waals surface area contributed by atoms with Crippen LogP contribution in [-0.2, 0) is 35.2 Å². The monoisotopic (exact) mass is 1010 g/mol. The van der Waals surface area contributed by atoms with Gasteiger partial charge in [0.05, 0.1) is 46.2 Å². The number of ether oxygens (including phenoxy) is 7. The van der Waals surface area contributed by atoms with Crippen molar-refractivity contribution in [1.82, 2.24) is 0 Å². The molecule has 414 valence electrons. The summed E-state index contributed by atoms with van der Waals surface area (Å²) in [5.41, 5.74) is 5.14. The van der Waals surface area contributed by atoms with Crippen LogP contribution in [0.5, 0.6) is 17.2 Å². The van der Waals surface area contributed by atoms with Crippen LogP contribution in [0.2, 0.25) is 0 Å². The van der Waals surface area contributed by atoms with Gasteiger partial charge < -0.3 is 43.4 Å². The molecule has 9 heteroatoms. The number of benzene rings is 3. The van der Waals surface area contributed by atoms with Gasteiger partial charge in [-0.25, -0.2) is 0 Å². The van der Waals surface area contributed by atoms with E-state index in [1.54, 1.807) is 0 Å².